The fourth-order valence-corrected chi connectivity index (χ4v) is 2.39. The second kappa shape index (κ2) is 5.48. The van der Waals surface area contributed by atoms with Crippen LogP contribution in [-0.2, 0) is 0 Å². The molecule has 3 aromatic rings. The van der Waals surface area contributed by atoms with Crippen LogP contribution in [0.1, 0.15) is 5.56 Å². The first-order valence-corrected chi connectivity index (χ1v) is 6.90. The number of hydrogen-bond donors (Lipinski definition) is 0. The van der Waals surface area contributed by atoms with Crippen molar-refractivity contribution in [1.82, 2.24) is 4.98 Å². The second-order valence-electron chi connectivity index (χ2n) is 4.75. The van der Waals surface area contributed by atoms with E-state index in [0.29, 0.717) is 0 Å². The van der Waals surface area contributed by atoms with E-state index in [4.69, 9.17) is 11.6 Å². The molecule has 3 rings (SSSR count). The number of rotatable bonds is 2. The zero-order valence-electron chi connectivity index (χ0n) is 11.2. The molecule has 0 N–H and O–H groups in total. The van der Waals surface area contributed by atoms with E-state index in [9.17, 15) is 0 Å². The summed E-state index contributed by atoms with van der Waals surface area (Å²) < 4.78 is 0. The van der Waals surface area contributed by atoms with Gasteiger partial charge in [-0.1, -0.05) is 48.0 Å². The molecule has 0 fully saturated rings. The van der Waals surface area contributed by atoms with E-state index in [-0.39, 0.29) is 0 Å². The van der Waals surface area contributed by atoms with Crippen LogP contribution < -0.4 is 0 Å². The number of benzene rings is 2. The molecule has 0 amide bonds. The Balaban J connectivity index is 2.06. The number of pyridine rings is 1. The van der Waals surface area contributed by atoms with Gasteiger partial charge in [0.2, 0.25) is 0 Å². The molecule has 0 aliphatic heterocycles. The summed E-state index contributed by atoms with van der Waals surface area (Å²) in [6, 6.07) is 20.3. The first-order valence-electron chi connectivity index (χ1n) is 6.52. The van der Waals surface area contributed by atoms with Crippen molar-refractivity contribution in [3.8, 4) is 22.4 Å². The lowest BCUT2D eigenvalue weighted by Crippen LogP contribution is -1.88. The number of nitrogens with zero attached hydrogens (tertiary/aromatic N) is 1. The molecule has 98 valence electrons. The van der Waals surface area contributed by atoms with Gasteiger partial charge in [-0.05, 0) is 47.9 Å². The molecule has 0 bridgehead atoms. The first-order chi connectivity index (χ1) is 9.74. The quantitative estimate of drug-likeness (QED) is 0.614. The van der Waals surface area contributed by atoms with Gasteiger partial charge in [-0.15, -0.1) is 0 Å². The minimum atomic E-state index is 0.752. The molecule has 0 unspecified atom stereocenters. The van der Waals surface area contributed by atoms with Gasteiger partial charge < -0.3 is 0 Å². The normalized spacial score (nSPS) is 10.5. The lowest BCUT2D eigenvalue weighted by atomic mass is 10.0. The van der Waals surface area contributed by atoms with Crippen molar-refractivity contribution in [3.05, 3.63) is 77.4 Å². The Kier molecular flexibility index (Phi) is 3.53. The zero-order valence-corrected chi connectivity index (χ0v) is 11.9. The SMILES string of the molecule is Cc1ccccc1-c1cc(-c2ccc(Cl)cc2)ccn1. The van der Waals surface area contributed by atoms with Crippen LogP contribution in [0.5, 0.6) is 0 Å². The minimum Gasteiger partial charge on any atom is -0.256 e. The fraction of sp³-hybridized carbons (Fsp3) is 0.0556. The Morgan fingerprint density at radius 2 is 1.60 bits per heavy atom. The average molecular weight is 280 g/mol. The summed E-state index contributed by atoms with van der Waals surface area (Å²) in [4.78, 5) is 4.49. The summed E-state index contributed by atoms with van der Waals surface area (Å²) in [7, 11) is 0. The maximum absolute atomic E-state index is 5.93. The van der Waals surface area contributed by atoms with E-state index in [1.54, 1.807) is 0 Å². The largest absolute Gasteiger partial charge is 0.256 e. The molecule has 0 saturated heterocycles. The zero-order chi connectivity index (χ0) is 13.9. The lowest BCUT2D eigenvalue weighted by molar-refractivity contribution is 1.31. The average Bonchev–Trinajstić information content (AvgIpc) is 2.49. The molecule has 2 aromatic carbocycles. The molecule has 20 heavy (non-hydrogen) atoms. The Morgan fingerprint density at radius 1 is 0.850 bits per heavy atom. The lowest BCUT2D eigenvalue weighted by Gasteiger charge is -2.07. The summed E-state index contributed by atoms with van der Waals surface area (Å²) in [5.74, 6) is 0. The Morgan fingerprint density at radius 3 is 2.35 bits per heavy atom. The topological polar surface area (TPSA) is 12.9 Å². The maximum atomic E-state index is 5.93. The number of aromatic nitrogens is 1. The van der Waals surface area contributed by atoms with Crippen molar-refractivity contribution in [3.63, 3.8) is 0 Å². The van der Waals surface area contributed by atoms with Crippen molar-refractivity contribution >= 4 is 11.6 Å². The summed E-state index contributed by atoms with van der Waals surface area (Å²) in [5, 5.41) is 0.752. The van der Waals surface area contributed by atoms with E-state index in [2.05, 4.69) is 30.1 Å². The maximum Gasteiger partial charge on any atom is 0.0710 e. The molecule has 1 aromatic heterocycles. The van der Waals surface area contributed by atoms with Crippen LogP contribution in [0.25, 0.3) is 22.4 Å². The van der Waals surface area contributed by atoms with Gasteiger partial charge in [-0.3, -0.25) is 4.98 Å². The van der Waals surface area contributed by atoms with Crippen LogP contribution in [-0.4, -0.2) is 4.98 Å². The molecular weight excluding hydrogens is 266 g/mol. The van der Waals surface area contributed by atoms with Crippen molar-refractivity contribution < 1.29 is 0 Å². The highest BCUT2D eigenvalue weighted by molar-refractivity contribution is 6.30. The van der Waals surface area contributed by atoms with Crippen molar-refractivity contribution in [2.24, 2.45) is 0 Å². The van der Waals surface area contributed by atoms with Crippen molar-refractivity contribution in [2.45, 2.75) is 6.92 Å². The monoisotopic (exact) mass is 279 g/mol. The van der Waals surface area contributed by atoms with Crippen LogP contribution in [0.2, 0.25) is 5.02 Å². The van der Waals surface area contributed by atoms with E-state index < -0.39 is 0 Å². The van der Waals surface area contributed by atoms with Crippen molar-refractivity contribution in [1.29, 1.82) is 0 Å². The van der Waals surface area contributed by atoms with Gasteiger partial charge >= 0.3 is 0 Å². The van der Waals surface area contributed by atoms with Crippen molar-refractivity contribution in [2.75, 3.05) is 0 Å². The Bertz CT molecular complexity index is 732. The van der Waals surface area contributed by atoms with Crippen LogP contribution in [0.4, 0.5) is 0 Å². The van der Waals surface area contributed by atoms with Crippen LogP contribution >= 0.6 is 11.6 Å². The Hall–Kier alpha value is -2.12. The molecule has 1 heterocycles. The highest BCUT2D eigenvalue weighted by Gasteiger charge is 2.05. The highest BCUT2D eigenvalue weighted by Crippen LogP contribution is 2.27. The summed E-state index contributed by atoms with van der Waals surface area (Å²) in [5.41, 5.74) is 5.69. The molecular formula is C18H14ClN. The summed E-state index contributed by atoms with van der Waals surface area (Å²) >= 11 is 5.93. The van der Waals surface area contributed by atoms with Gasteiger partial charge in [0, 0.05) is 16.8 Å². The third-order valence-corrected chi connectivity index (χ3v) is 3.61. The molecule has 2 heteroatoms. The van der Waals surface area contributed by atoms with Gasteiger partial charge in [-0.2, -0.15) is 0 Å². The second-order valence-corrected chi connectivity index (χ2v) is 5.19. The number of hydrogen-bond acceptors (Lipinski definition) is 1. The van der Waals surface area contributed by atoms with Gasteiger partial charge in [0.15, 0.2) is 0 Å². The van der Waals surface area contributed by atoms with Gasteiger partial charge in [-0.25, -0.2) is 0 Å². The van der Waals surface area contributed by atoms with Gasteiger partial charge in [0.05, 0.1) is 5.69 Å². The molecule has 0 saturated carbocycles. The molecule has 0 aliphatic rings. The highest BCUT2D eigenvalue weighted by atomic mass is 35.5. The van der Waals surface area contributed by atoms with Crippen LogP contribution in [0.3, 0.4) is 0 Å². The standard InChI is InChI=1S/C18H14ClN/c1-13-4-2-3-5-17(13)18-12-15(10-11-20-18)14-6-8-16(19)9-7-14/h2-12H,1H3. The molecule has 0 radical (unpaired) electrons. The number of halogens is 1. The third kappa shape index (κ3) is 2.59. The minimum absolute atomic E-state index is 0.752. The predicted molar refractivity (Wildman–Crippen MR) is 84.9 cm³/mol. The van der Waals surface area contributed by atoms with E-state index in [0.717, 1.165) is 21.8 Å². The third-order valence-electron chi connectivity index (χ3n) is 3.36. The first kappa shape index (κ1) is 12.9. The van der Waals surface area contributed by atoms with Crippen LogP contribution in [0, 0.1) is 6.92 Å². The summed E-state index contributed by atoms with van der Waals surface area (Å²) in [6.07, 6.45) is 1.85. The van der Waals surface area contributed by atoms with E-state index in [1.807, 2.05) is 48.7 Å². The summed E-state index contributed by atoms with van der Waals surface area (Å²) in [6.45, 7) is 2.10. The van der Waals surface area contributed by atoms with E-state index >= 15 is 0 Å². The molecule has 0 spiro atoms. The van der Waals surface area contributed by atoms with E-state index in [1.165, 1.54) is 11.1 Å². The Labute approximate surface area is 123 Å². The molecule has 0 atom stereocenters. The smallest absolute Gasteiger partial charge is 0.0710 e. The predicted octanol–water partition coefficient (Wildman–Crippen LogP) is 5.38. The fourth-order valence-electron chi connectivity index (χ4n) is 2.26. The number of aryl methyl sites for hydroxylation is 1. The molecule has 1 nitrogen and oxygen atoms in total. The van der Waals surface area contributed by atoms with Gasteiger partial charge in [0.1, 0.15) is 0 Å². The van der Waals surface area contributed by atoms with Crippen LogP contribution in [0.15, 0.2) is 66.9 Å². The van der Waals surface area contributed by atoms with Gasteiger partial charge in [0.25, 0.3) is 0 Å². The molecule has 0 aliphatic carbocycles.